The number of carboxylic acids is 1. The highest BCUT2D eigenvalue weighted by atomic mass is 16.5. The Morgan fingerprint density at radius 1 is 1.18 bits per heavy atom. The van der Waals surface area contributed by atoms with Crippen LogP contribution in [0, 0.1) is 0 Å². The van der Waals surface area contributed by atoms with E-state index in [9.17, 15) is 14.4 Å². The van der Waals surface area contributed by atoms with Crippen LogP contribution < -0.4 is 5.32 Å². The number of hydrogen-bond donors (Lipinski definition) is 2. The van der Waals surface area contributed by atoms with Crippen molar-refractivity contribution in [3.8, 4) is 0 Å². The lowest BCUT2D eigenvalue weighted by molar-refractivity contribution is -0.124. The first-order valence-corrected chi connectivity index (χ1v) is 10.8. The second-order valence-electron chi connectivity index (χ2n) is 8.09. The lowest BCUT2D eigenvalue weighted by Crippen LogP contribution is -2.34. The summed E-state index contributed by atoms with van der Waals surface area (Å²) in [6, 6.07) is 13.3. The standard InChI is InChI=1S/C25H25N3O5/c1-3-21(23(29)26-16-8-6-7-15(13-16)24(30)31)33-25(32)22-17-9-4-5-10-19(17)27-20-11-12-28(2)14-18(20)22/h4-10,13,21H,3,11-12,14H2,1-2H3,(H,26,29)(H,30,31). The molecule has 0 fully saturated rings. The van der Waals surface area contributed by atoms with E-state index in [4.69, 9.17) is 14.8 Å². The van der Waals surface area contributed by atoms with Crippen LogP contribution in [-0.4, -0.2) is 52.5 Å². The maximum absolute atomic E-state index is 13.4. The van der Waals surface area contributed by atoms with Gasteiger partial charge in [-0.2, -0.15) is 0 Å². The predicted molar refractivity (Wildman–Crippen MR) is 123 cm³/mol. The number of aromatic nitrogens is 1. The molecule has 3 aromatic rings. The third-order valence-corrected chi connectivity index (χ3v) is 5.73. The highest BCUT2D eigenvalue weighted by Gasteiger charge is 2.29. The average Bonchev–Trinajstić information content (AvgIpc) is 2.81. The summed E-state index contributed by atoms with van der Waals surface area (Å²) in [7, 11) is 1.99. The van der Waals surface area contributed by atoms with Gasteiger partial charge in [-0.05, 0) is 37.7 Å². The Morgan fingerprint density at radius 2 is 1.97 bits per heavy atom. The minimum Gasteiger partial charge on any atom is -0.478 e. The van der Waals surface area contributed by atoms with E-state index >= 15 is 0 Å². The molecule has 8 heteroatoms. The molecule has 1 unspecified atom stereocenters. The SMILES string of the molecule is CCC(OC(=O)c1c2c(nc3ccccc13)CCN(C)C2)C(=O)Nc1cccc(C(=O)O)c1. The summed E-state index contributed by atoms with van der Waals surface area (Å²) in [5.74, 6) is -2.18. The minimum atomic E-state index is -1.09. The fourth-order valence-electron chi connectivity index (χ4n) is 4.02. The average molecular weight is 447 g/mol. The van der Waals surface area contributed by atoms with Gasteiger partial charge in [0.2, 0.25) is 0 Å². The molecule has 2 aromatic carbocycles. The zero-order valence-corrected chi connectivity index (χ0v) is 18.5. The summed E-state index contributed by atoms with van der Waals surface area (Å²) in [5.41, 5.74) is 3.25. The first kappa shape index (κ1) is 22.4. The number of aromatic carboxylic acids is 1. The Morgan fingerprint density at radius 3 is 2.73 bits per heavy atom. The number of esters is 1. The van der Waals surface area contributed by atoms with Gasteiger partial charge < -0.3 is 20.1 Å². The molecule has 8 nitrogen and oxygen atoms in total. The molecule has 0 spiro atoms. The largest absolute Gasteiger partial charge is 0.478 e. The number of rotatable bonds is 6. The summed E-state index contributed by atoms with van der Waals surface area (Å²) < 4.78 is 5.69. The van der Waals surface area contributed by atoms with E-state index < -0.39 is 23.9 Å². The molecule has 4 rings (SSSR count). The van der Waals surface area contributed by atoms with Crippen LogP contribution in [0.5, 0.6) is 0 Å². The van der Waals surface area contributed by atoms with Crippen LogP contribution >= 0.6 is 0 Å². The number of amides is 1. The van der Waals surface area contributed by atoms with Crippen molar-refractivity contribution >= 4 is 34.4 Å². The van der Waals surface area contributed by atoms with Crippen LogP contribution in [0.4, 0.5) is 5.69 Å². The highest BCUT2D eigenvalue weighted by molar-refractivity contribution is 6.06. The monoisotopic (exact) mass is 447 g/mol. The summed E-state index contributed by atoms with van der Waals surface area (Å²) >= 11 is 0. The lowest BCUT2D eigenvalue weighted by atomic mass is 9.96. The topological polar surface area (TPSA) is 109 Å². The van der Waals surface area contributed by atoms with E-state index in [1.165, 1.54) is 18.2 Å². The van der Waals surface area contributed by atoms with Crippen molar-refractivity contribution in [2.75, 3.05) is 18.9 Å². The second-order valence-corrected chi connectivity index (χ2v) is 8.09. The number of hydrogen-bond acceptors (Lipinski definition) is 6. The van der Waals surface area contributed by atoms with Crippen LogP contribution in [0.2, 0.25) is 0 Å². The summed E-state index contributed by atoms with van der Waals surface area (Å²) in [6.07, 6.45) is -0.0366. The first-order chi connectivity index (χ1) is 15.9. The van der Waals surface area contributed by atoms with Gasteiger partial charge in [0.25, 0.3) is 5.91 Å². The molecule has 0 saturated carbocycles. The Kier molecular flexibility index (Phi) is 6.37. The smallest absolute Gasteiger partial charge is 0.340 e. The molecule has 1 aliphatic rings. The van der Waals surface area contributed by atoms with Gasteiger partial charge in [-0.3, -0.25) is 9.78 Å². The van der Waals surface area contributed by atoms with Crippen LogP contribution in [0.25, 0.3) is 10.9 Å². The number of para-hydroxylation sites is 1. The molecule has 0 bridgehead atoms. The number of carboxylic acid groups (broad SMARTS) is 1. The summed E-state index contributed by atoms with van der Waals surface area (Å²) in [4.78, 5) is 44.3. The molecule has 1 aliphatic heterocycles. The Bertz CT molecular complexity index is 1240. The van der Waals surface area contributed by atoms with Crippen LogP contribution in [0.3, 0.4) is 0 Å². The molecule has 1 amide bonds. The van der Waals surface area contributed by atoms with E-state index in [0.29, 0.717) is 23.2 Å². The van der Waals surface area contributed by atoms with E-state index in [0.717, 1.165) is 29.7 Å². The third kappa shape index (κ3) is 4.70. The fraction of sp³-hybridized carbons (Fsp3) is 0.280. The van der Waals surface area contributed by atoms with Crippen LogP contribution in [0.15, 0.2) is 48.5 Å². The third-order valence-electron chi connectivity index (χ3n) is 5.73. The van der Waals surface area contributed by atoms with Crippen molar-refractivity contribution in [3.63, 3.8) is 0 Å². The number of likely N-dealkylation sites (N-methyl/N-ethyl adjacent to an activating group) is 1. The maximum atomic E-state index is 13.4. The first-order valence-electron chi connectivity index (χ1n) is 10.8. The molecular formula is C25H25N3O5. The van der Waals surface area contributed by atoms with Gasteiger partial charge in [-0.1, -0.05) is 31.2 Å². The molecule has 0 radical (unpaired) electrons. The molecule has 0 saturated heterocycles. The fourth-order valence-corrected chi connectivity index (χ4v) is 4.02. The number of carbonyl (C=O) groups excluding carboxylic acids is 2. The van der Waals surface area contributed by atoms with E-state index in [-0.39, 0.29) is 12.0 Å². The van der Waals surface area contributed by atoms with Gasteiger partial charge in [-0.15, -0.1) is 0 Å². The predicted octanol–water partition coefficient (Wildman–Crippen LogP) is 3.50. The van der Waals surface area contributed by atoms with Gasteiger partial charge in [-0.25, -0.2) is 9.59 Å². The van der Waals surface area contributed by atoms with E-state index in [1.54, 1.807) is 13.0 Å². The van der Waals surface area contributed by atoms with Crippen molar-refractivity contribution in [1.82, 2.24) is 9.88 Å². The molecule has 0 aliphatic carbocycles. The number of pyridine rings is 1. The van der Waals surface area contributed by atoms with Gasteiger partial charge in [0.1, 0.15) is 0 Å². The number of anilines is 1. The van der Waals surface area contributed by atoms with Gasteiger partial charge in [0.15, 0.2) is 6.10 Å². The molecule has 1 aromatic heterocycles. The van der Waals surface area contributed by atoms with Crippen LogP contribution in [0.1, 0.15) is 45.3 Å². The van der Waals surface area contributed by atoms with Crippen LogP contribution in [-0.2, 0) is 22.5 Å². The van der Waals surface area contributed by atoms with Gasteiger partial charge in [0.05, 0.1) is 16.6 Å². The quantitative estimate of drug-likeness (QED) is 0.557. The number of fused-ring (bicyclic) bond motifs is 2. The Hall–Kier alpha value is -3.78. The normalized spacial score (nSPS) is 14.4. The summed E-state index contributed by atoms with van der Waals surface area (Å²) in [5, 5.41) is 12.5. The van der Waals surface area contributed by atoms with Crippen molar-refractivity contribution in [3.05, 3.63) is 70.9 Å². The maximum Gasteiger partial charge on any atom is 0.340 e. The zero-order chi connectivity index (χ0) is 23.5. The van der Waals surface area contributed by atoms with Gasteiger partial charge in [0, 0.05) is 41.8 Å². The number of benzene rings is 2. The number of nitrogens with one attached hydrogen (secondary N) is 1. The second kappa shape index (κ2) is 9.38. The molecule has 33 heavy (non-hydrogen) atoms. The molecule has 2 heterocycles. The Balaban J connectivity index is 1.61. The van der Waals surface area contributed by atoms with E-state index in [2.05, 4.69) is 10.2 Å². The zero-order valence-electron chi connectivity index (χ0n) is 18.5. The lowest BCUT2D eigenvalue weighted by Gasteiger charge is -2.27. The molecule has 170 valence electrons. The minimum absolute atomic E-state index is 0.0526. The van der Waals surface area contributed by atoms with E-state index in [1.807, 2.05) is 31.3 Å². The number of carbonyl (C=O) groups is 3. The number of ether oxygens (including phenoxy) is 1. The van der Waals surface area contributed by atoms with Crippen molar-refractivity contribution < 1.29 is 24.2 Å². The highest BCUT2D eigenvalue weighted by Crippen LogP contribution is 2.29. The Labute approximate surface area is 191 Å². The van der Waals surface area contributed by atoms with Crippen molar-refractivity contribution in [2.45, 2.75) is 32.4 Å². The molecule has 1 atom stereocenters. The van der Waals surface area contributed by atoms with Crippen molar-refractivity contribution in [1.29, 1.82) is 0 Å². The van der Waals surface area contributed by atoms with Gasteiger partial charge >= 0.3 is 11.9 Å². The van der Waals surface area contributed by atoms with Crippen molar-refractivity contribution in [2.24, 2.45) is 0 Å². The number of nitrogens with zero attached hydrogens (tertiary/aromatic N) is 2. The molecule has 2 N–H and O–H groups in total. The molecular weight excluding hydrogens is 422 g/mol. The summed E-state index contributed by atoms with van der Waals surface area (Å²) in [6.45, 7) is 3.17.